The van der Waals surface area contributed by atoms with Crippen LogP contribution in [0.25, 0.3) is 0 Å². The van der Waals surface area contributed by atoms with Crippen molar-refractivity contribution in [1.29, 1.82) is 0 Å². The van der Waals surface area contributed by atoms with E-state index in [1.165, 1.54) is 30.6 Å². The van der Waals surface area contributed by atoms with Crippen molar-refractivity contribution in [2.45, 2.75) is 51.7 Å². The molecule has 0 aromatic carbocycles. The van der Waals surface area contributed by atoms with Crippen molar-refractivity contribution in [3.63, 3.8) is 0 Å². The van der Waals surface area contributed by atoms with Crippen LogP contribution >= 0.6 is 11.3 Å². The van der Waals surface area contributed by atoms with Crippen LogP contribution in [-0.2, 0) is 17.6 Å². The van der Waals surface area contributed by atoms with Crippen molar-refractivity contribution in [2.24, 2.45) is 0 Å². The zero-order valence-electron chi connectivity index (χ0n) is 13.4. The van der Waals surface area contributed by atoms with E-state index in [0.29, 0.717) is 12.1 Å². The second-order valence-electron chi connectivity index (χ2n) is 6.32. The molecule has 1 aromatic rings. The summed E-state index contributed by atoms with van der Waals surface area (Å²) < 4.78 is 5.88. The van der Waals surface area contributed by atoms with Crippen LogP contribution < -0.4 is 5.32 Å². The molecule has 3 nitrogen and oxygen atoms in total. The summed E-state index contributed by atoms with van der Waals surface area (Å²) >= 11 is 2.02. The van der Waals surface area contributed by atoms with Gasteiger partial charge in [0.2, 0.25) is 0 Å². The number of hydrogen-bond acceptors (Lipinski definition) is 4. The van der Waals surface area contributed by atoms with E-state index in [2.05, 4.69) is 30.1 Å². The Hall–Kier alpha value is -0.420. The molecule has 4 heteroatoms. The predicted molar refractivity (Wildman–Crippen MR) is 89.2 cm³/mol. The van der Waals surface area contributed by atoms with Gasteiger partial charge in [-0.3, -0.25) is 4.90 Å². The molecule has 0 spiro atoms. The number of thiophene rings is 1. The highest BCUT2D eigenvalue weighted by Crippen LogP contribution is 2.32. The van der Waals surface area contributed by atoms with Gasteiger partial charge in [0.05, 0.1) is 12.7 Å². The number of morpholine rings is 1. The van der Waals surface area contributed by atoms with E-state index >= 15 is 0 Å². The number of likely N-dealkylation sites (N-methyl/N-ethyl adjacent to an activating group) is 1. The predicted octanol–water partition coefficient (Wildman–Crippen LogP) is 3.00. The van der Waals surface area contributed by atoms with Crippen molar-refractivity contribution in [3.05, 3.63) is 21.4 Å². The number of hydrogen-bond donors (Lipinski definition) is 1. The Morgan fingerprint density at radius 3 is 3.10 bits per heavy atom. The SMILES string of the molecule is CCN1CCOC(CNC(C)c2cc3c(s2)CCCC3)C1. The molecule has 1 aromatic heterocycles. The van der Waals surface area contributed by atoms with Gasteiger partial charge in [-0.25, -0.2) is 0 Å². The smallest absolute Gasteiger partial charge is 0.0826 e. The Labute approximate surface area is 132 Å². The molecule has 2 heterocycles. The van der Waals surface area contributed by atoms with Crippen molar-refractivity contribution in [3.8, 4) is 0 Å². The minimum atomic E-state index is 0.343. The summed E-state index contributed by atoms with van der Waals surface area (Å²) in [5.74, 6) is 0. The maximum atomic E-state index is 5.88. The molecule has 1 N–H and O–H groups in total. The highest BCUT2D eigenvalue weighted by atomic mass is 32.1. The maximum Gasteiger partial charge on any atom is 0.0826 e. The van der Waals surface area contributed by atoms with Crippen molar-refractivity contribution in [1.82, 2.24) is 10.2 Å². The van der Waals surface area contributed by atoms with E-state index < -0.39 is 0 Å². The largest absolute Gasteiger partial charge is 0.374 e. The molecule has 1 saturated heterocycles. The van der Waals surface area contributed by atoms with Crippen LogP contribution in [0.5, 0.6) is 0 Å². The Balaban J connectivity index is 1.51. The summed E-state index contributed by atoms with van der Waals surface area (Å²) in [4.78, 5) is 5.62. The Morgan fingerprint density at radius 1 is 1.43 bits per heavy atom. The summed E-state index contributed by atoms with van der Waals surface area (Å²) in [5.41, 5.74) is 1.61. The van der Waals surface area contributed by atoms with Crippen LogP contribution in [0.1, 0.15) is 48.0 Å². The third-order valence-corrected chi connectivity index (χ3v) is 6.18. The van der Waals surface area contributed by atoms with Crippen molar-refractivity contribution in [2.75, 3.05) is 32.8 Å². The molecule has 1 fully saturated rings. The molecular formula is C17H28N2OS. The number of aryl methyl sites for hydroxylation is 2. The molecule has 0 radical (unpaired) electrons. The van der Waals surface area contributed by atoms with Gasteiger partial charge < -0.3 is 10.1 Å². The van der Waals surface area contributed by atoms with Gasteiger partial charge in [0.15, 0.2) is 0 Å². The van der Waals surface area contributed by atoms with Crippen LogP contribution in [0.15, 0.2) is 6.07 Å². The van der Waals surface area contributed by atoms with E-state index in [9.17, 15) is 0 Å². The van der Waals surface area contributed by atoms with Gasteiger partial charge in [0, 0.05) is 35.4 Å². The summed E-state index contributed by atoms with van der Waals surface area (Å²) in [7, 11) is 0. The molecule has 2 unspecified atom stereocenters. The van der Waals surface area contributed by atoms with Gasteiger partial charge in [0.25, 0.3) is 0 Å². The molecule has 1 aliphatic heterocycles. The number of ether oxygens (including phenoxy) is 1. The fourth-order valence-electron chi connectivity index (χ4n) is 3.33. The second kappa shape index (κ2) is 7.23. The normalized spacial score (nSPS) is 24.8. The molecule has 21 heavy (non-hydrogen) atoms. The van der Waals surface area contributed by atoms with Gasteiger partial charge in [-0.2, -0.15) is 0 Å². The molecule has 0 amide bonds. The lowest BCUT2D eigenvalue weighted by atomic mass is 9.99. The van der Waals surface area contributed by atoms with E-state index in [0.717, 1.165) is 32.8 Å². The summed E-state index contributed by atoms with van der Waals surface area (Å²) in [6.07, 6.45) is 5.67. The van der Waals surface area contributed by atoms with Gasteiger partial charge in [0.1, 0.15) is 0 Å². The number of nitrogens with zero attached hydrogens (tertiary/aromatic N) is 1. The molecule has 0 saturated carbocycles. The average molecular weight is 308 g/mol. The zero-order valence-corrected chi connectivity index (χ0v) is 14.2. The fourth-order valence-corrected chi connectivity index (χ4v) is 4.61. The third-order valence-electron chi connectivity index (χ3n) is 4.76. The zero-order chi connectivity index (χ0) is 14.7. The lowest BCUT2D eigenvalue weighted by molar-refractivity contribution is -0.0261. The molecule has 1 aliphatic carbocycles. The molecule has 3 rings (SSSR count). The van der Waals surface area contributed by atoms with Crippen molar-refractivity contribution >= 4 is 11.3 Å². The lowest BCUT2D eigenvalue weighted by Gasteiger charge is -2.32. The van der Waals surface area contributed by atoms with E-state index in [1.807, 2.05) is 11.3 Å². The first-order valence-corrected chi connectivity index (χ1v) is 9.26. The highest BCUT2D eigenvalue weighted by Gasteiger charge is 2.21. The lowest BCUT2D eigenvalue weighted by Crippen LogP contribution is -2.46. The molecule has 0 bridgehead atoms. The minimum absolute atomic E-state index is 0.343. The maximum absolute atomic E-state index is 5.88. The molecule has 2 atom stereocenters. The summed E-state index contributed by atoms with van der Waals surface area (Å²) in [5, 5.41) is 3.68. The van der Waals surface area contributed by atoms with Gasteiger partial charge in [-0.1, -0.05) is 6.92 Å². The fraction of sp³-hybridized carbons (Fsp3) is 0.765. The molecular weight excluding hydrogens is 280 g/mol. The van der Waals surface area contributed by atoms with Crippen LogP contribution in [0.4, 0.5) is 0 Å². The van der Waals surface area contributed by atoms with Crippen molar-refractivity contribution < 1.29 is 4.74 Å². The topological polar surface area (TPSA) is 24.5 Å². The third kappa shape index (κ3) is 3.86. The first kappa shape index (κ1) is 15.5. The highest BCUT2D eigenvalue weighted by molar-refractivity contribution is 7.12. The average Bonchev–Trinajstić information content (AvgIpc) is 2.97. The van der Waals surface area contributed by atoms with Gasteiger partial charge >= 0.3 is 0 Å². The Morgan fingerprint density at radius 2 is 2.29 bits per heavy atom. The van der Waals surface area contributed by atoms with Crippen LogP contribution in [0.3, 0.4) is 0 Å². The van der Waals surface area contributed by atoms with Crippen LogP contribution in [0.2, 0.25) is 0 Å². The van der Waals surface area contributed by atoms with Crippen LogP contribution in [-0.4, -0.2) is 43.8 Å². The Kier molecular flexibility index (Phi) is 5.33. The van der Waals surface area contributed by atoms with Gasteiger partial charge in [-0.05, 0) is 50.8 Å². The van der Waals surface area contributed by atoms with E-state index in [-0.39, 0.29) is 0 Å². The number of nitrogens with one attached hydrogen (secondary N) is 1. The standard InChI is InChI=1S/C17H28N2OS/c1-3-19-8-9-20-15(12-19)11-18-13(2)17-10-14-6-4-5-7-16(14)21-17/h10,13,15,18H,3-9,11-12H2,1-2H3. The second-order valence-corrected chi connectivity index (χ2v) is 7.49. The number of rotatable bonds is 5. The van der Waals surface area contributed by atoms with E-state index in [1.54, 1.807) is 10.4 Å². The molecule has 2 aliphatic rings. The summed E-state index contributed by atoms with van der Waals surface area (Å²) in [6, 6.07) is 2.89. The minimum Gasteiger partial charge on any atom is -0.374 e. The number of fused-ring (bicyclic) bond motifs is 1. The first-order chi connectivity index (χ1) is 10.3. The van der Waals surface area contributed by atoms with Gasteiger partial charge in [-0.15, -0.1) is 11.3 Å². The monoisotopic (exact) mass is 308 g/mol. The Bertz CT molecular complexity index is 436. The first-order valence-electron chi connectivity index (χ1n) is 8.45. The van der Waals surface area contributed by atoms with Crippen LogP contribution in [0, 0.1) is 0 Å². The quantitative estimate of drug-likeness (QED) is 0.905. The summed E-state index contributed by atoms with van der Waals surface area (Å²) in [6.45, 7) is 9.64. The molecule has 118 valence electrons. The van der Waals surface area contributed by atoms with E-state index in [4.69, 9.17) is 4.74 Å².